The summed E-state index contributed by atoms with van der Waals surface area (Å²) < 4.78 is 0. The molecular formula is C19H22O3. The van der Waals surface area contributed by atoms with E-state index in [2.05, 4.69) is 0 Å². The molecule has 2 rings (SSSR count). The monoisotopic (exact) mass is 298 g/mol. The number of hydrogen-bond acceptors (Lipinski definition) is 2. The van der Waals surface area contributed by atoms with Crippen molar-refractivity contribution < 1.29 is 15.0 Å². The maximum atomic E-state index is 11.2. The Balaban J connectivity index is 2.50. The summed E-state index contributed by atoms with van der Waals surface area (Å²) in [7, 11) is 0. The Bertz CT molecular complexity index is 622. The van der Waals surface area contributed by atoms with Gasteiger partial charge in [0.2, 0.25) is 0 Å². The number of carbonyl (C=O) groups is 1. The van der Waals surface area contributed by atoms with Crippen molar-refractivity contribution >= 4 is 5.97 Å². The highest BCUT2D eigenvalue weighted by atomic mass is 16.4. The zero-order valence-corrected chi connectivity index (χ0v) is 12.8. The molecule has 2 aromatic rings. The Hall–Kier alpha value is -2.13. The smallest absolute Gasteiger partial charge is 0.306 e. The topological polar surface area (TPSA) is 57.5 Å². The molecule has 0 radical (unpaired) electrons. The van der Waals surface area contributed by atoms with Gasteiger partial charge in [0.15, 0.2) is 0 Å². The summed E-state index contributed by atoms with van der Waals surface area (Å²) in [5, 5.41) is 20.3. The maximum absolute atomic E-state index is 11.2. The van der Waals surface area contributed by atoms with Crippen LogP contribution in [0.3, 0.4) is 0 Å². The molecule has 116 valence electrons. The van der Waals surface area contributed by atoms with E-state index in [-0.39, 0.29) is 6.42 Å². The van der Waals surface area contributed by atoms with E-state index in [1.807, 2.05) is 61.5 Å². The Morgan fingerprint density at radius 2 is 1.68 bits per heavy atom. The highest BCUT2D eigenvalue weighted by Gasteiger charge is 2.33. The van der Waals surface area contributed by atoms with Gasteiger partial charge in [0.05, 0.1) is 6.42 Å². The number of carboxylic acid groups (broad SMARTS) is 1. The van der Waals surface area contributed by atoms with Crippen LogP contribution in [0.4, 0.5) is 0 Å². The van der Waals surface area contributed by atoms with Crippen LogP contribution < -0.4 is 0 Å². The second-order valence-electron chi connectivity index (χ2n) is 5.62. The van der Waals surface area contributed by atoms with E-state index in [0.29, 0.717) is 12.0 Å². The molecule has 0 saturated carbocycles. The number of unbranched alkanes of at least 4 members (excludes halogenated alkanes) is 1. The van der Waals surface area contributed by atoms with E-state index in [1.165, 1.54) is 0 Å². The van der Waals surface area contributed by atoms with Crippen molar-refractivity contribution in [3.05, 3.63) is 60.2 Å². The first kappa shape index (κ1) is 16.2. The van der Waals surface area contributed by atoms with Crippen molar-refractivity contribution in [2.24, 2.45) is 0 Å². The predicted octanol–water partition coefficient (Wildman–Crippen LogP) is 4.21. The Morgan fingerprint density at radius 1 is 1.05 bits per heavy atom. The van der Waals surface area contributed by atoms with Gasteiger partial charge in [-0.25, -0.2) is 0 Å². The van der Waals surface area contributed by atoms with Crippen molar-refractivity contribution in [3.8, 4) is 11.1 Å². The minimum absolute atomic E-state index is 0.281. The third-order valence-electron chi connectivity index (χ3n) is 3.90. The van der Waals surface area contributed by atoms with Crippen LogP contribution in [0.1, 0.15) is 38.2 Å². The van der Waals surface area contributed by atoms with E-state index in [4.69, 9.17) is 0 Å². The summed E-state index contributed by atoms with van der Waals surface area (Å²) in [6, 6.07) is 17.3. The lowest BCUT2D eigenvalue weighted by Gasteiger charge is -2.29. The highest BCUT2D eigenvalue weighted by molar-refractivity contribution is 5.72. The summed E-state index contributed by atoms with van der Waals surface area (Å²) in [5.41, 5.74) is 1.23. The van der Waals surface area contributed by atoms with Gasteiger partial charge in [-0.2, -0.15) is 0 Å². The van der Waals surface area contributed by atoms with Gasteiger partial charge in [-0.3, -0.25) is 4.79 Å². The van der Waals surface area contributed by atoms with Crippen molar-refractivity contribution in [1.82, 2.24) is 0 Å². The van der Waals surface area contributed by atoms with E-state index in [0.717, 1.165) is 24.0 Å². The first-order chi connectivity index (χ1) is 10.6. The number of benzene rings is 2. The molecule has 2 aromatic carbocycles. The summed E-state index contributed by atoms with van der Waals surface area (Å²) in [5.74, 6) is -0.985. The summed E-state index contributed by atoms with van der Waals surface area (Å²) >= 11 is 0. The molecule has 0 aliphatic heterocycles. The number of aliphatic hydroxyl groups is 1. The molecule has 22 heavy (non-hydrogen) atoms. The number of hydrogen-bond donors (Lipinski definition) is 2. The number of aliphatic carboxylic acids is 1. The lowest BCUT2D eigenvalue weighted by atomic mass is 9.81. The molecule has 0 saturated heterocycles. The highest BCUT2D eigenvalue weighted by Crippen LogP contribution is 2.37. The average Bonchev–Trinajstić information content (AvgIpc) is 2.53. The standard InChI is InChI=1S/C19H22O3/c1-2-3-13-19(22,14-18(20)21)17-12-8-7-11-16(17)15-9-5-4-6-10-15/h4-12,22H,2-3,13-14H2,1H3,(H,20,21). The fraction of sp³-hybridized carbons (Fsp3) is 0.316. The Morgan fingerprint density at radius 3 is 2.32 bits per heavy atom. The zero-order chi connectivity index (χ0) is 16.0. The third kappa shape index (κ3) is 3.74. The molecule has 0 fully saturated rings. The molecule has 0 aliphatic carbocycles. The SMILES string of the molecule is CCCCC(O)(CC(=O)O)c1ccccc1-c1ccccc1. The Kier molecular flexibility index (Phi) is 5.34. The van der Waals surface area contributed by atoms with Crippen LogP contribution in [-0.2, 0) is 10.4 Å². The largest absolute Gasteiger partial charge is 0.481 e. The number of carboxylic acids is 1. The van der Waals surface area contributed by atoms with Crippen LogP contribution in [0.5, 0.6) is 0 Å². The van der Waals surface area contributed by atoms with Gasteiger partial charge >= 0.3 is 5.97 Å². The molecule has 0 amide bonds. The van der Waals surface area contributed by atoms with Gasteiger partial charge < -0.3 is 10.2 Å². The van der Waals surface area contributed by atoms with Crippen LogP contribution in [0, 0.1) is 0 Å². The van der Waals surface area contributed by atoms with Crippen molar-refractivity contribution in [3.63, 3.8) is 0 Å². The van der Waals surface area contributed by atoms with Crippen molar-refractivity contribution in [1.29, 1.82) is 0 Å². The van der Waals surface area contributed by atoms with Gasteiger partial charge in [0, 0.05) is 0 Å². The van der Waals surface area contributed by atoms with Crippen LogP contribution in [0.2, 0.25) is 0 Å². The van der Waals surface area contributed by atoms with Gasteiger partial charge in [-0.05, 0) is 23.1 Å². The van der Waals surface area contributed by atoms with Gasteiger partial charge in [-0.15, -0.1) is 0 Å². The predicted molar refractivity (Wildman–Crippen MR) is 87.6 cm³/mol. The minimum atomic E-state index is -1.34. The second-order valence-corrected chi connectivity index (χ2v) is 5.62. The van der Waals surface area contributed by atoms with Crippen LogP contribution in [0.15, 0.2) is 54.6 Å². The molecule has 0 spiro atoms. The molecule has 1 atom stereocenters. The molecule has 3 heteroatoms. The molecule has 2 N–H and O–H groups in total. The van der Waals surface area contributed by atoms with Gasteiger partial charge in [0.25, 0.3) is 0 Å². The number of rotatable bonds is 7. The minimum Gasteiger partial charge on any atom is -0.481 e. The van der Waals surface area contributed by atoms with Crippen molar-refractivity contribution in [2.45, 2.75) is 38.2 Å². The fourth-order valence-corrected chi connectivity index (χ4v) is 2.80. The van der Waals surface area contributed by atoms with Crippen LogP contribution in [-0.4, -0.2) is 16.2 Å². The summed E-state index contributed by atoms with van der Waals surface area (Å²) in [6.45, 7) is 2.03. The zero-order valence-electron chi connectivity index (χ0n) is 12.8. The summed E-state index contributed by atoms with van der Waals surface area (Å²) in [6.07, 6.45) is 1.86. The maximum Gasteiger partial charge on any atom is 0.306 e. The van der Waals surface area contributed by atoms with E-state index in [9.17, 15) is 15.0 Å². The first-order valence-electron chi connectivity index (χ1n) is 7.66. The normalized spacial score (nSPS) is 13.5. The van der Waals surface area contributed by atoms with Crippen molar-refractivity contribution in [2.75, 3.05) is 0 Å². The second kappa shape index (κ2) is 7.23. The first-order valence-corrected chi connectivity index (χ1v) is 7.66. The average molecular weight is 298 g/mol. The van der Waals surface area contributed by atoms with Crippen LogP contribution >= 0.6 is 0 Å². The van der Waals surface area contributed by atoms with Gasteiger partial charge in [0.1, 0.15) is 5.60 Å². The van der Waals surface area contributed by atoms with Crippen LogP contribution in [0.25, 0.3) is 11.1 Å². The molecular weight excluding hydrogens is 276 g/mol. The molecule has 0 aliphatic rings. The molecule has 1 unspecified atom stereocenters. The lowest BCUT2D eigenvalue weighted by molar-refractivity contribution is -0.143. The molecule has 0 bridgehead atoms. The molecule has 0 aromatic heterocycles. The van der Waals surface area contributed by atoms with E-state index < -0.39 is 11.6 Å². The lowest BCUT2D eigenvalue weighted by Crippen LogP contribution is -2.29. The quantitative estimate of drug-likeness (QED) is 0.805. The summed E-state index contributed by atoms with van der Waals surface area (Å²) in [4.78, 5) is 11.2. The molecule has 0 heterocycles. The molecule has 3 nitrogen and oxygen atoms in total. The van der Waals surface area contributed by atoms with E-state index in [1.54, 1.807) is 0 Å². The van der Waals surface area contributed by atoms with E-state index >= 15 is 0 Å². The van der Waals surface area contributed by atoms with Gasteiger partial charge in [-0.1, -0.05) is 74.4 Å². The Labute approximate surface area is 131 Å². The fourth-order valence-electron chi connectivity index (χ4n) is 2.80. The third-order valence-corrected chi connectivity index (χ3v) is 3.90.